The Labute approximate surface area is 214 Å². The number of halogens is 3. The van der Waals surface area contributed by atoms with Crippen molar-refractivity contribution in [2.24, 2.45) is 0 Å². The van der Waals surface area contributed by atoms with Crippen LogP contribution in [0.2, 0.25) is 5.02 Å². The Kier molecular flexibility index (Phi) is 6.62. The van der Waals surface area contributed by atoms with Crippen LogP contribution in [0.3, 0.4) is 0 Å². The number of fused-ring (bicyclic) bond motifs is 1. The van der Waals surface area contributed by atoms with Gasteiger partial charge in [0.15, 0.2) is 17.4 Å². The van der Waals surface area contributed by atoms with Gasteiger partial charge in [0.1, 0.15) is 17.2 Å². The highest BCUT2D eigenvalue weighted by Crippen LogP contribution is 2.41. The van der Waals surface area contributed by atoms with Crippen molar-refractivity contribution in [2.75, 3.05) is 6.61 Å². The van der Waals surface area contributed by atoms with Crippen LogP contribution < -0.4 is 9.47 Å². The van der Waals surface area contributed by atoms with E-state index >= 15 is 0 Å². The zero-order chi connectivity index (χ0) is 26.1. The van der Waals surface area contributed by atoms with Crippen LogP contribution >= 0.6 is 11.6 Å². The lowest BCUT2D eigenvalue weighted by atomic mass is 9.93. The number of carbonyl (C=O) groups excluding carboxylic acids is 1. The number of carboxylic acid groups (broad SMARTS) is 1. The summed E-state index contributed by atoms with van der Waals surface area (Å²) in [5, 5.41) is 13.9. The van der Waals surface area contributed by atoms with Gasteiger partial charge in [-0.1, -0.05) is 11.6 Å². The number of aromatic nitrogens is 2. The van der Waals surface area contributed by atoms with Crippen molar-refractivity contribution in [2.45, 2.75) is 18.8 Å². The number of carboxylic acids is 1. The minimum absolute atomic E-state index is 0.00954. The number of ketones is 1. The lowest BCUT2D eigenvalue weighted by Gasteiger charge is -2.24. The predicted molar refractivity (Wildman–Crippen MR) is 130 cm³/mol. The van der Waals surface area contributed by atoms with Gasteiger partial charge in [0, 0.05) is 29.5 Å². The number of carbonyl (C=O) groups is 2. The fraction of sp³-hybridized carbons (Fsp3) is 0.148. The molecule has 7 nitrogen and oxygen atoms in total. The molecular formula is C27H19ClF2N2O5. The highest BCUT2D eigenvalue weighted by Gasteiger charge is 2.29. The van der Waals surface area contributed by atoms with Crippen molar-refractivity contribution < 1.29 is 33.0 Å². The van der Waals surface area contributed by atoms with E-state index in [1.165, 1.54) is 10.7 Å². The van der Waals surface area contributed by atoms with Crippen molar-refractivity contribution >= 4 is 23.4 Å². The van der Waals surface area contributed by atoms with E-state index in [4.69, 9.17) is 21.1 Å². The molecule has 37 heavy (non-hydrogen) atoms. The molecule has 0 spiro atoms. The van der Waals surface area contributed by atoms with E-state index in [2.05, 4.69) is 5.10 Å². The van der Waals surface area contributed by atoms with Gasteiger partial charge in [0.2, 0.25) is 0 Å². The second kappa shape index (κ2) is 10.0. The van der Waals surface area contributed by atoms with Crippen LogP contribution in [0.1, 0.15) is 34.0 Å². The molecule has 10 heteroatoms. The third-order valence-electron chi connectivity index (χ3n) is 5.96. The highest BCUT2D eigenvalue weighted by molar-refractivity contribution is 6.32. The van der Waals surface area contributed by atoms with Gasteiger partial charge in [-0.2, -0.15) is 5.10 Å². The molecule has 1 aliphatic rings. The average molecular weight is 525 g/mol. The normalized spacial score (nSPS) is 14.5. The summed E-state index contributed by atoms with van der Waals surface area (Å²) >= 11 is 6.34. The molecule has 5 rings (SSSR count). The fourth-order valence-corrected chi connectivity index (χ4v) is 4.26. The van der Waals surface area contributed by atoms with Crippen molar-refractivity contribution in [3.63, 3.8) is 0 Å². The van der Waals surface area contributed by atoms with Gasteiger partial charge < -0.3 is 14.6 Å². The fourth-order valence-electron chi connectivity index (χ4n) is 4.05. The SMILES string of the molecule is O=C(Cc1ccn(-c2ccc(F)c(F)c2)n1)c1ccc(Oc2cc3c(cc2Cl)C(C(=O)O)CCO3)cc1. The first-order valence-corrected chi connectivity index (χ1v) is 11.7. The zero-order valence-corrected chi connectivity index (χ0v) is 19.9. The quantitative estimate of drug-likeness (QED) is 0.299. The molecule has 0 saturated heterocycles. The third kappa shape index (κ3) is 5.17. The van der Waals surface area contributed by atoms with E-state index in [-0.39, 0.29) is 23.8 Å². The Morgan fingerprint density at radius 2 is 1.86 bits per heavy atom. The molecule has 188 valence electrons. The van der Waals surface area contributed by atoms with Crippen molar-refractivity contribution in [3.05, 3.63) is 100 Å². The molecule has 1 atom stereocenters. The molecule has 1 N–H and O–H groups in total. The summed E-state index contributed by atoms with van der Waals surface area (Å²) in [5.41, 5.74) is 1.74. The maximum Gasteiger partial charge on any atom is 0.311 e. The number of Topliss-reactive ketones (excluding diaryl/α,β-unsaturated/α-hetero) is 1. The second-order valence-corrected chi connectivity index (χ2v) is 8.83. The molecule has 2 heterocycles. The molecule has 1 aliphatic heterocycles. The minimum Gasteiger partial charge on any atom is -0.493 e. The topological polar surface area (TPSA) is 90.7 Å². The second-order valence-electron chi connectivity index (χ2n) is 8.42. The van der Waals surface area contributed by atoms with Crippen LogP contribution in [0.4, 0.5) is 8.78 Å². The van der Waals surface area contributed by atoms with Gasteiger partial charge in [0.25, 0.3) is 0 Å². The van der Waals surface area contributed by atoms with Gasteiger partial charge in [0.05, 0.1) is 35.3 Å². The van der Waals surface area contributed by atoms with E-state index in [1.54, 1.807) is 48.7 Å². The summed E-state index contributed by atoms with van der Waals surface area (Å²) in [6.07, 6.45) is 1.94. The largest absolute Gasteiger partial charge is 0.493 e. The highest BCUT2D eigenvalue weighted by atomic mass is 35.5. The standard InChI is InChI=1S/C27H19ClF2N2O5/c28-21-13-20-19(27(34)35)8-10-36-25(20)14-26(21)37-18-4-1-15(2-5-18)24(33)11-16-7-9-32(31-16)17-3-6-22(29)23(30)12-17/h1-7,9,12-14,19H,8,10-11H2,(H,34,35). The van der Waals surface area contributed by atoms with Crippen LogP contribution in [0, 0.1) is 11.6 Å². The lowest BCUT2D eigenvalue weighted by Crippen LogP contribution is -2.20. The molecule has 0 fully saturated rings. The number of hydrogen-bond acceptors (Lipinski definition) is 5. The number of rotatable bonds is 7. The smallest absolute Gasteiger partial charge is 0.311 e. The number of ether oxygens (including phenoxy) is 2. The molecule has 0 radical (unpaired) electrons. The van der Waals surface area contributed by atoms with Gasteiger partial charge in [-0.3, -0.25) is 9.59 Å². The molecule has 4 aromatic rings. The van der Waals surface area contributed by atoms with Gasteiger partial charge >= 0.3 is 5.97 Å². The van der Waals surface area contributed by atoms with Crippen LogP contribution in [-0.4, -0.2) is 33.2 Å². The van der Waals surface area contributed by atoms with E-state index in [0.29, 0.717) is 46.2 Å². The Balaban J connectivity index is 1.26. The summed E-state index contributed by atoms with van der Waals surface area (Å²) in [6.45, 7) is 0.279. The molecule has 0 saturated carbocycles. The van der Waals surface area contributed by atoms with E-state index < -0.39 is 23.5 Å². The maximum absolute atomic E-state index is 13.5. The van der Waals surface area contributed by atoms with Crippen molar-refractivity contribution in [1.29, 1.82) is 0 Å². The molecule has 0 aliphatic carbocycles. The lowest BCUT2D eigenvalue weighted by molar-refractivity contribution is -0.139. The summed E-state index contributed by atoms with van der Waals surface area (Å²) in [4.78, 5) is 24.3. The average Bonchev–Trinajstić information content (AvgIpc) is 3.34. The number of hydrogen-bond donors (Lipinski definition) is 1. The van der Waals surface area contributed by atoms with Crippen molar-refractivity contribution in [1.82, 2.24) is 9.78 Å². The summed E-state index contributed by atoms with van der Waals surface area (Å²) in [7, 11) is 0. The summed E-state index contributed by atoms with van der Waals surface area (Å²) in [5.74, 6) is -2.63. The van der Waals surface area contributed by atoms with E-state index in [1.807, 2.05) is 0 Å². The van der Waals surface area contributed by atoms with Crippen LogP contribution in [-0.2, 0) is 11.2 Å². The first-order chi connectivity index (χ1) is 17.8. The van der Waals surface area contributed by atoms with Gasteiger partial charge in [-0.25, -0.2) is 13.5 Å². The molecule has 1 unspecified atom stereocenters. The monoisotopic (exact) mass is 524 g/mol. The number of aliphatic carboxylic acids is 1. The van der Waals surface area contributed by atoms with Crippen LogP contribution in [0.25, 0.3) is 5.69 Å². The molecule has 3 aromatic carbocycles. The summed E-state index contributed by atoms with van der Waals surface area (Å²) < 4.78 is 39.5. The first kappa shape index (κ1) is 24.5. The number of nitrogens with zero attached hydrogens (tertiary/aromatic N) is 2. The van der Waals surface area contributed by atoms with Gasteiger partial charge in [-0.05, 0) is 55.0 Å². The number of benzene rings is 3. The Morgan fingerprint density at radius 3 is 2.59 bits per heavy atom. The summed E-state index contributed by atoms with van der Waals surface area (Å²) in [6, 6.07) is 14.6. The Morgan fingerprint density at radius 1 is 1.08 bits per heavy atom. The molecule has 1 aromatic heterocycles. The van der Waals surface area contributed by atoms with E-state index in [9.17, 15) is 23.5 Å². The predicted octanol–water partition coefficient (Wildman–Crippen LogP) is 5.97. The van der Waals surface area contributed by atoms with Gasteiger partial charge in [-0.15, -0.1) is 0 Å². The van der Waals surface area contributed by atoms with Crippen LogP contribution in [0.5, 0.6) is 17.2 Å². The molecule has 0 bridgehead atoms. The maximum atomic E-state index is 13.5. The van der Waals surface area contributed by atoms with Crippen LogP contribution in [0.15, 0.2) is 66.9 Å². The first-order valence-electron chi connectivity index (χ1n) is 11.3. The molecule has 0 amide bonds. The zero-order valence-electron chi connectivity index (χ0n) is 19.2. The Bertz CT molecular complexity index is 1500. The van der Waals surface area contributed by atoms with E-state index in [0.717, 1.165) is 12.1 Å². The minimum atomic E-state index is -0.985. The van der Waals surface area contributed by atoms with Crippen molar-refractivity contribution in [3.8, 4) is 22.9 Å². The molecular weight excluding hydrogens is 506 g/mol. The Hall–Kier alpha value is -4.24. The third-order valence-corrected chi connectivity index (χ3v) is 6.26.